The molecule has 5 N–H and O–H groups in total. The van der Waals surface area contributed by atoms with Crippen molar-refractivity contribution >= 4 is 46.2 Å². The minimum absolute atomic E-state index is 0.0271. The molecule has 1 aromatic carbocycles. The first-order chi connectivity index (χ1) is 21.8. The van der Waals surface area contributed by atoms with Gasteiger partial charge in [-0.25, -0.2) is 14.6 Å². The number of carbonyl (C=O) groups excluding carboxylic acids is 4. The molecule has 1 aliphatic rings. The lowest BCUT2D eigenvalue weighted by Gasteiger charge is -2.42. The molecule has 13 nitrogen and oxygen atoms in total. The van der Waals surface area contributed by atoms with Gasteiger partial charge in [-0.3, -0.25) is 14.5 Å². The molecule has 14 heteroatoms. The first-order valence-electron chi connectivity index (χ1n) is 15.8. The molecule has 1 aromatic heterocycles. The standard InChI is InChI=1S/C33H51N7O6S/c1-21(41)35-29-36-25(26(47-29)20-40-18-10-11-23(19-40)27(42)39(8)9)17-14-22-12-15-24(16-13-22)37-33(31(2,3)4,45-28(34)43)46-30(44)38-32(5,6)7/h12-13,15-16,23,37H,10-11,14,17-20H2,1-9H3,(H2,34,43)(H,38,44)(H,35,36,41)/t23-,33?/m0/s1. The van der Waals surface area contributed by atoms with Gasteiger partial charge in [-0.2, -0.15) is 0 Å². The third-order valence-corrected chi connectivity index (χ3v) is 8.58. The van der Waals surface area contributed by atoms with E-state index in [0.29, 0.717) is 36.8 Å². The SMILES string of the molecule is CC(=O)Nc1nc(CCc2ccc(NC(OC(N)=O)(OC(=O)NC(C)(C)C)C(C)(C)C)cc2)c(CN2CCC[C@H](C(=O)N(C)C)C2)s1. The predicted octanol–water partition coefficient (Wildman–Crippen LogP) is 4.92. The van der Waals surface area contributed by atoms with Crippen LogP contribution in [0.1, 0.15) is 77.4 Å². The summed E-state index contributed by atoms with van der Waals surface area (Å²) in [6.45, 7) is 14.4. The molecule has 0 bridgehead atoms. The number of thiazole rings is 1. The van der Waals surface area contributed by atoms with E-state index in [9.17, 15) is 19.2 Å². The molecule has 0 aliphatic carbocycles. The fraction of sp³-hybridized carbons (Fsp3) is 0.606. The molecule has 2 aromatic rings. The Morgan fingerprint density at radius 1 is 1.04 bits per heavy atom. The van der Waals surface area contributed by atoms with Crippen molar-refractivity contribution in [2.75, 3.05) is 37.8 Å². The Hall–Kier alpha value is -3.91. The van der Waals surface area contributed by atoms with Crippen molar-refractivity contribution in [3.63, 3.8) is 0 Å². The molecule has 3 rings (SSSR count). The maximum absolute atomic E-state index is 12.8. The van der Waals surface area contributed by atoms with Crippen LogP contribution in [0.4, 0.5) is 20.4 Å². The first-order valence-corrected chi connectivity index (χ1v) is 16.6. The van der Waals surface area contributed by atoms with Gasteiger partial charge >= 0.3 is 18.1 Å². The summed E-state index contributed by atoms with van der Waals surface area (Å²) in [7, 11) is 3.59. The fourth-order valence-corrected chi connectivity index (χ4v) is 6.35. The van der Waals surface area contributed by atoms with Gasteiger partial charge in [0.1, 0.15) is 0 Å². The highest BCUT2D eigenvalue weighted by Gasteiger charge is 2.50. The topological polar surface area (TPSA) is 168 Å². The third kappa shape index (κ3) is 11.1. The molecule has 4 amide bonds. The van der Waals surface area contributed by atoms with Gasteiger partial charge in [0.05, 0.1) is 17.0 Å². The maximum Gasteiger partial charge on any atom is 0.412 e. The van der Waals surface area contributed by atoms with E-state index in [-0.39, 0.29) is 17.7 Å². The summed E-state index contributed by atoms with van der Waals surface area (Å²) < 4.78 is 11.2. The van der Waals surface area contributed by atoms with Crippen LogP contribution in [-0.4, -0.2) is 77.4 Å². The van der Waals surface area contributed by atoms with E-state index in [1.54, 1.807) is 60.5 Å². The quantitative estimate of drug-likeness (QED) is 0.242. The van der Waals surface area contributed by atoms with E-state index in [4.69, 9.17) is 20.2 Å². The highest BCUT2D eigenvalue weighted by molar-refractivity contribution is 7.15. The molecule has 2 heterocycles. The number of hydrogen-bond donors (Lipinski definition) is 4. The number of likely N-dealkylation sites (tertiary alicyclic amines) is 1. The zero-order valence-corrected chi connectivity index (χ0v) is 29.9. The summed E-state index contributed by atoms with van der Waals surface area (Å²) in [4.78, 5) is 59.0. The first kappa shape index (κ1) is 37.5. The Balaban J connectivity index is 1.77. The van der Waals surface area contributed by atoms with E-state index in [2.05, 4.69) is 20.9 Å². The normalized spacial score (nSPS) is 16.8. The van der Waals surface area contributed by atoms with Crippen LogP contribution in [0.25, 0.3) is 0 Å². The molecule has 1 fully saturated rings. The van der Waals surface area contributed by atoms with Gasteiger partial charge in [0.15, 0.2) is 5.13 Å². The Kier molecular flexibility index (Phi) is 12.2. The lowest BCUT2D eigenvalue weighted by molar-refractivity contribution is -0.202. The smallest absolute Gasteiger partial charge is 0.387 e. The minimum atomic E-state index is -1.91. The van der Waals surface area contributed by atoms with Crippen LogP contribution < -0.4 is 21.7 Å². The highest BCUT2D eigenvalue weighted by Crippen LogP contribution is 2.37. The Labute approximate surface area is 281 Å². The lowest BCUT2D eigenvalue weighted by atomic mass is 9.90. The van der Waals surface area contributed by atoms with Crippen LogP contribution in [-0.2, 0) is 38.4 Å². The van der Waals surface area contributed by atoms with E-state index in [0.717, 1.165) is 35.5 Å². The number of ether oxygens (including phenoxy) is 2. The molecule has 2 atom stereocenters. The molecule has 0 radical (unpaired) electrons. The van der Waals surface area contributed by atoms with E-state index < -0.39 is 29.1 Å². The van der Waals surface area contributed by atoms with Gasteiger partial charge < -0.3 is 36.1 Å². The number of aromatic nitrogens is 1. The zero-order chi connectivity index (χ0) is 35.2. The molecular formula is C33H51N7O6S. The van der Waals surface area contributed by atoms with Gasteiger partial charge in [-0.05, 0) is 70.7 Å². The second-order valence-electron chi connectivity index (χ2n) is 14.3. The number of nitrogens with two attached hydrogens (primary N) is 1. The van der Waals surface area contributed by atoms with Crippen molar-refractivity contribution in [3.8, 4) is 0 Å². The van der Waals surface area contributed by atoms with Crippen molar-refractivity contribution in [2.24, 2.45) is 17.1 Å². The predicted molar refractivity (Wildman–Crippen MR) is 183 cm³/mol. The molecule has 47 heavy (non-hydrogen) atoms. The van der Waals surface area contributed by atoms with Crippen molar-refractivity contribution in [1.29, 1.82) is 0 Å². The maximum atomic E-state index is 12.8. The average Bonchev–Trinajstić information content (AvgIpc) is 3.30. The molecular weight excluding hydrogens is 622 g/mol. The van der Waals surface area contributed by atoms with Crippen LogP contribution in [0, 0.1) is 11.3 Å². The van der Waals surface area contributed by atoms with Crippen LogP contribution in [0.2, 0.25) is 0 Å². The van der Waals surface area contributed by atoms with Gasteiger partial charge in [0.25, 0.3) is 0 Å². The second-order valence-corrected chi connectivity index (χ2v) is 15.3. The number of nitrogens with zero attached hydrogens (tertiary/aromatic N) is 3. The Bertz CT molecular complexity index is 1410. The van der Waals surface area contributed by atoms with Crippen molar-refractivity contribution in [1.82, 2.24) is 20.1 Å². The van der Waals surface area contributed by atoms with E-state index in [1.165, 1.54) is 18.3 Å². The van der Waals surface area contributed by atoms with Crippen LogP contribution in [0.5, 0.6) is 0 Å². The summed E-state index contributed by atoms with van der Waals surface area (Å²) in [5, 5.41) is 9.18. The van der Waals surface area contributed by atoms with Gasteiger partial charge in [-0.1, -0.05) is 32.9 Å². The molecule has 0 saturated carbocycles. The number of hydrogen-bond acceptors (Lipinski definition) is 10. The number of aryl methyl sites for hydroxylation is 2. The van der Waals surface area contributed by atoms with Crippen LogP contribution in [0.3, 0.4) is 0 Å². The minimum Gasteiger partial charge on any atom is -0.387 e. The molecule has 0 spiro atoms. The number of primary amides is 1. The van der Waals surface area contributed by atoms with E-state index >= 15 is 0 Å². The number of benzene rings is 1. The number of anilines is 2. The number of amides is 4. The largest absolute Gasteiger partial charge is 0.412 e. The number of nitrogens with one attached hydrogen (secondary N) is 3. The van der Waals surface area contributed by atoms with Crippen LogP contribution in [0.15, 0.2) is 24.3 Å². The van der Waals surface area contributed by atoms with Gasteiger partial charge in [-0.15, -0.1) is 11.3 Å². The number of rotatable bonds is 11. The molecule has 1 saturated heterocycles. The Morgan fingerprint density at radius 3 is 2.26 bits per heavy atom. The number of alkyl carbamates (subject to hydrolysis) is 1. The van der Waals surface area contributed by atoms with E-state index in [1.807, 2.05) is 24.3 Å². The summed E-state index contributed by atoms with van der Waals surface area (Å²) in [6, 6.07) is 7.48. The Morgan fingerprint density at radius 2 is 1.70 bits per heavy atom. The number of carbonyl (C=O) groups is 4. The lowest BCUT2D eigenvalue weighted by Crippen LogP contribution is -2.59. The summed E-state index contributed by atoms with van der Waals surface area (Å²) >= 11 is 1.47. The van der Waals surface area contributed by atoms with Crippen molar-refractivity contribution < 1.29 is 28.7 Å². The summed E-state index contributed by atoms with van der Waals surface area (Å²) in [5.41, 5.74) is 6.39. The van der Waals surface area contributed by atoms with Crippen LogP contribution >= 0.6 is 11.3 Å². The van der Waals surface area contributed by atoms with Gasteiger partial charge in [0.2, 0.25) is 11.8 Å². The average molecular weight is 674 g/mol. The number of piperidine rings is 1. The molecule has 260 valence electrons. The molecule has 1 unspecified atom stereocenters. The summed E-state index contributed by atoms with van der Waals surface area (Å²) in [5.74, 6) is -1.96. The van der Waals surface area contributed by atoms with Gasteiger partial charge in [0, 0.05) is 50.2 Å². The van der Waals surface area contributed by atoms with Crippen molar-refractivity contribution in [3.05, 3.63) is 40.4 Å². The monoisotopic (exact) mass is 673 g/mol. The third-order valence-electron chi connectivity index (χ3n) is 7.58. The highest BCUT2D eigenvalue weighted by atomic mass is 32.1. The second kappa shape index (κ2) is 15.3. The summed E-state index contributed by atoms with van der Waals surface area (Å²) in [6.07, 6.45) is 1.26. The zero-order valence-electron chi connectivity index (χ0n) is 29.1. The molecule has 1 aliphatic heterocycles. The van der Waals surface area contributed by atoms with Crippen molar-refractivity contribution in [2.45, 2.75) is 92.1 Å². The fourth-order valence-electron chi connectivity index (χ4n) is 5.25.